The zero-order valence-corrected chi connectivity index (χ0v) is 21.8. The Morgan fingerprint density at radius 1 is 0.939 bits per heavy atom. The van der Waals surface area contributed by atoms with Gasteiger partial charge in [-0.25, -0.2) is 8.42 Å². The smallest absolute Gasteiger partial charge is 0.261 e. The van der Waals surface area contributed by atoms with Crippen molar-refractivity contribution in [3.05, 3.63) is 82.8 Å². The van der Waals surface area contributed by atoms with E-state index in [9.17, 15) is 13.2 Å². The van der Waals surface area contributed by atoms with Crippen LogP contribution in [0.1, 0.15) is 32.3 Å². The number of carbonyl (C=O) groups is 1. The molecule has 3 aromatic carbocycles. The number of halogens is 1. The summed E-state index contributed by atoms with van der Waals surface area (Å²) in [4.78, 5) is 13.7. The number of hydrogen-bond acceptors (Lipinski definition) is 4. The molecule has 1 amide bonds. The van der Waals surface area contributed by atoms with Crippen LogP contribution in [0.3, 0.4) is 0 Å². The van der Waals surface area contributed by atoms with Crippen molar-refractivity contribution in [3.8, 4) is 0 Å². The Morgan fingerprint density at radius 2 is 1.55 bits per heavy atom. The van der Waals surface area contributed by atoms with Crippen LogP contribution < -0.4 is 10.0 Å². The van der Waals surface area contributed by atoms with E-state index in [1.807, 2.05) is 43.3 Å². The van der Waals surface area contributed by atoms with Crippen LogP contribution in [0.2, 0.25) is 0 Å². The molecular weight excluding hydrogens is 520 g/mol. The summed E-state index contributed by atoms with van der Waals surface area (Å²) < 4.78 is 29.0. The van der Waals surface area contributed by atoms with Gasteiger partial charge in [-0.05, 0) is 86.0 Å². The number of benzene rings is 3. The molecule has 0 aliphatic heterocycles. The molecule has 3 rings (SSSR count). The predicted molar refractivity (Wildman–Crippen MR) is 140 cm³/mol. The van der Waals surface area contributed by atoms with Gasteiger partial charge < -0.3 is 5.32 Å². The summed E-state index contributed by atoms with van der Waals surface area (Å²) in [5.41, 5.74) is 2.25. The number of amides is 1. The van der Waals surface area contributed by atoms with Crippen molar-refractivity contribution in [1.82, 2.24) is 0 Å². The van der Waals surface area contributed by atoms with Crippen molar-refractivity contribution in [2.45, 2.75) is 48.2 Å². The minimum atomic E-state index is -3.72. The van der Waals surface area contributed by atoms with Gasteiger partial charge in [0.05, 0.1) is 10.1 Å². The van der Waals surface area contributed by atoms with Crippen LogP contribution in [0, 0.1) is 0 Å². The van der Waals surface area contributed by atoms with Crippen molar-refractivity contribution < 1.29 is 13.2 Å². The number of nitrogens with one attached hydrogen (secondary N) is 2. The third-order valence-corrected chi connectivity index (χ3v) is 7.99. The molecule has 0 saturated heterocycles. The second-order valence-corrected chi connectivity index (χ2v) is 11.6. The quantitative estimate of drug-likeness (QED) is 0.277. The Kier molecular flexibility index (Phi) is 9.00. The van der Waals surface area contributed by atoms with Crippen LogP contribution in [0.25, 0.3) is 0 Å². The van der Waals surface area contributed by atoms with Crippen LogP contribution in [-0.2, 0) is 21.2 Å². The molecule has 8 heteroatoms. The van der Waals surface area contributed by atoms with Gasteiger partial charge >= 0.3 is 0 Å². The van der Waals surface area contributed by atoms with E-state index in [0.717, 1.165) is 28.6 Å². The maximum atomic E-state index is 12.7. The van der Waals surface area contributed by atoms with Gasteiger partial charge in [0.15, 0.2) is 0 Å². The van der Waals surface area contributed by atoms with E-state index in [-0.39, 0.29) is 16.1 Å². The van der Waals surface area contributed by atoms with E-state index in [1.165, 1.54) is 29.5 Å². The van der Waals surface area contributed by atoms with Crippen molar-refractivity contribution in [1.29, 1.82) is 0 Å². The SMILES string of the molecule is CCCCc1ccc(NS(=O)(=O)c2ccc(NC(=O)[C@@H](C)Sc3ccc(Br)cc3)cc2)cc1. The van der Waals surface area contributed by atoms with Crippen molar-refractivity contribution in [3.63, 3.8) is 0 Å². The summed E-state index contributed by atoms with van der Waals surface area (Å²) in [5, 5.41) is 2.53. The molecule has 0 fully saturated rings. The van der Waals surface area contributed by atoms with Crippen molar-refractivity contribution >= 4 is 55.0 Å². The second-order valence-electron chi connectivity index (χ2n) is 7.63. The number of sulfonamides is 1. The molecule has 0 aliphatic rings. The molecule has 1 atom stereocenters. The standard InChI is InChI=1S/C25H27BrN2O3S2/c1-3-4-5-19-6-10-22(11-7-19)28-33(30,31)24-16-12-21(13-17-24)27-25(29)18(2)32-23-14-8-20(26)9-15-23/h6-18,28H,3-5H2,1-2H3,(H,27,29)/t18-/m1/s1. The Labute approximate surface area is 208 Å². The van der Waals surface area contributed by atoms with Gasteiger partial charge in [0.1, 0.15) is 0 Å². The number of rotatable bonds is 10. The molecule has 0 aromatic heterocycles. The van der Waals surface area contributed by atoms with E-state index >= 15 is 0 Å². The number of thioether (sulfide) groups is 1. The number of anilines is 2. The normalized spacial score (nSPS) is 12.2. The average molecular weight is 548 g/mol. The molecule has 0 bridgehead atoms. The van der Waals surface area contributed by atoms with Gasteiger partial charge in [-0.1, -0.05) is 41.4 Å². The molecular formula is C25H27BrN2O3S2. The molecule has 0 radical (unpaired) electrons. The highest BCUT2D eigenvalue weighted by Crippen LogP contribution is 2.26. The van der Waals surface area contributed by atoms with E-state index in [2.05, 4.69) is 32.9 Å². The zero-order valence-electron chi connectivity index (χ0n) is 18.5. The summed E-state index contributed by atoms with van der Waals surface area (Å²) in [7, 11) is -3.72. The number of hydrogen-bond donors (Lipinski definition) is 2. The molecule has 2 N–H and O–H groups in total. The second kappa shape index (κ2) is 11.7. The average Bonchev–Trinajstić information content (AvgIpc) is 2.80. The first-order valence-corrected chi connectivity index (χ1v) is 13.9. The largest absolute Gasteiger partial charge is 0.325 e. The lowest BCUT2D eigenvalue weighted by atomic mass is 10.1. The minimum Gasteiger partial charge on any atom is -0.325 e. The first kappa shape index (κ1) is 25.3. The monoisotopic (exact) mass is 546 g/mol. The van der Waals surface area contributed by atoms with E-state index in [1.54, 1.807) is 24.3 Å². The highest BCUT2D eigenvalue weighted by atomic mass is 79.9. The fourth-order valence-electron chi connectivity index (χ4n) is 3.07. The lowest BCUT2D eigenvalue weighted by Crippen LogP contribution is -2.22. The molecule has 0 heterocycles. The lowest BCUT2D eigenvalue weighted by Gasteiger charge is -2.13. The van der Waals surface area contributed by atoms with Gasteiger partial charge in [0.25, 0.3) is 10.0 Å². The van der Waals surface area contributed by atoms with Gasteiger partial charge in [0, 0.05) is 20.7 Å². The topological polar surface area (TPSA) is 75.3 Å². The van der Waals surface area contributed by atoms with Crippen LogP contribution in [0.15, 0.2) is 87.1 Å². The van der Waals surface area contributed by atoms with E-state index in [4.69, 9.17) is 0 Å². The van der Waals surface area contributed by atoms with Crippen molar-refractivity contribution in [2.75, 3.05) is 10.0 Å². The third-order valence-electron chi connectivity index (χ3n) is 4.95. The molecule has 3 aromatic rings. The van der Waals surface area contributed by atoms with Gasteiger partial charge in [0.2, 0.25) is 5.91 Å². The summed E-state index contributed by atoms with van der Waals surface area (Å²) in [6.45, 7) is 3.97. The van der Waals surface area contributed by atoms with Crippen LogP contribution >= 0.6 is 27.7 Å². The summed E-state index contributed by atoms with van der Waals surface area (Å²) >= 11 is 4.85. The number of carbonyl (C=O) groups excluding carboxylic acids is 1. The fourth-order valence-corrected chi connectivity index (χ4v) is 5.26. The maximum absolute atomic E-state index is 12.7. The first-order valence-electron chi connectivity index (χ1n) is 10.7. The predicted octanol–water partition coefficient (Wildman–Crippen LogP) is 6.71. The summed E-state index contributed by atoms with van der Waals surface area (Å²) in [5.74, 6) is -0.153. The highest BCUT2D eigenvalue weighted by molar-refractivity contribution is 9.10. The Bertz CT molecular complexity index is 1160. The fraction of sp³-hybridized carbons (Fsp3) is 0.240. The molecule has 174 valence electrons. The number of aryl methyl sites for hydroxylation is 1. The first-order chi connectivity index (χ1) is 15.8. The highest BCUT2D eigenvalue weighted by Gasteiger charge is 2.17. The third kappa shape index (κ3) is 7.62. The molecule has 0 unspecified atom stereocenters. The molecule has 0 aliphatic carbocycles. The van der Waals surface area contributed by atoms with E-state index < -0.39 is 10.0 Å². The minimum absolute atomic E-state index is 0.132. The van der Waals surface area contributed by atoms with E-state index in [0.29, 0.717) is 11.4 Å². The van der Waals surface area contributed by atoms with Crippen LogP contribution in [-0.4, -0.2) is 19.6 Å². The molecule has 5 nitrogen and oxygen atoms in total. The van der Waals surface area contributed by atoms with Gasteiger partial charge in [-0.3, -0.25) is 9.52 Å². The van der Waals surface area contributed by atoms with Crippen LogP contribution in [0.5, 0.6) is 0 Å². The van der Waals surface area contributed by atoms with Crippen molar-refractivity contribution in [2.24, 2.45) is 0 Å². The summed E-state index contributed by atoms with van der Waals surface area (Å²) in [6, 6.07) is 21.4. The Balaban J connectivity index is 1.59. The number of unbranched alkanes of at least 4 members (excludes halogenated alkanes) is 1. The van der Waals surface area contributed by atoms with Crippen LogP contribution in [0.4, 0.5) is 11.4 Å². The molecule has 33 heavy (non-hydrogen) atoms. The summed E-state index contributed by atoms with van der Waals surface area (Å²) in [6.07, 6.45) is 3.21. The lowest BCUT2D eigenvalue weighted by molar-refractivity contribution is -0.115. The van der Waals surface area contributed by atoms with Gasteiger partial charge in [-0.2, -0.15) is 0 Å². The maximum Gasteiger partial charge on any atom is 0.261 e. The Hall–Kier alpha value is -2.29. The van der Waals surface area contributed by atoms with Gasteiger partial charge in [-0.15, -0.1) is 11.8 Å². The molecule has 0 spiro atoms. The Morgan fingerprint density at radius 3 is 2.15 bits per heavy atom. The zero-order chi connectivity index (χ0) is 23.8. The molecule has 0 saturated carbocycles.